The van der Waals surface area contributed by atoms with Crippen molar-refractivity contribution >= 4 is 15.9 Å². The molecule has 1 heterocycles. The van der Waals surface area contributed by atoms with Crippen LogP contribution in [0.25, 0.3) is 0 Å². The highest BCUT2D eigenvalue weighted by Gasteiger charge is 2.14. The number of rotatable bonds is 8. The predicted octanol–water partition coefficient (Wildman–Crippen LogP) is 0.261. The lowest BCUT2D eigenvalue weighted by molar-refractivity contribution is 0.0956. The number of nitrogens with one attached hydrogen (secondary N) is 3. The van der Waals surface area contributed by atoms with E-state index in [1.165, 1.54) is 36.9 Å². The minimum absolute atomic E-state index is 0.121. The Kier molecular flexibility index (Phi) is 6.92. The summed E-state index contributed by atoms with van der Waals surface area (Å²) in [6.07, 6.45) is 3.00. The van der Waals surface area contributed by atoms with E-state index in [1.54, 1.807) is 0 Å². The van der Waals surface area contributed by atoms with Gasteiger partial charge in [-0.3, -0.25) is 4.79 Å². The second-order valence-electron chi connectivity index (χ2n) is 5.41. The largest absolute Gasteiger partial charge is 0.383 e. The van der Waals surface area contributed by atoms with Gasteiger partial charge in [0.1, 0.15) is 0 Å². The van der Waals surface area contributed by atoms with Gasteiger partial charge in [0.05, 0.1) is 11.5 Å². The quantitative estimate of drug-likeness (QED) is 0.460. The highest BCUT2D eigenvalue weighted by molar-refractivity contribution is 7.89. The van der Waals surface area contributed by atoms with E-state index in [-0.39, 0.29) is 17.3 Å². The SMILES string of the molecule is COCCNS(=O)(=O)c1ccc(C(=O)NCC2=CCNCC2)cc1. The molecule has 1 aliphatic heterocycles. The number of sulfonamides is 1. The summed E-state index contributed by atoms with van der Waals surface area (Å²) in [5, 5.41) is 6.06. The van der Waals surface area contributed by atoms with E-state index in [0.717, 1.165) is 19.5 Å². The number of ether oxygens (including phenoxy) is 1. The maximum absolute atomic E-state index is 12.1. The van der Waals surface area contributed by atoms with Gasteiger partial charge in [-0.1, -0.05) is 11.6 Å². The number of amides is 1. The van der Waals surface area contributed by atoms with Crippen molar-refractivity contribution in [3.05, 3.63) is 41.5 Å². The van der Waals surface area contributed by atoms with Gasteiger partial charge >= 0.3 is 0 Å². The van der Waals surface area contributed by atoms with E-state index >= 15 is 0 Å². The topological polar surface area (TPSA) is 96.5 Å². The Bertz CT molecular complexity index is 684. The molecule has 0 bridgehead atoms. The molecule has 2 rings (SSSR count). The zero-order chi connectivity index (χ0) is 17.4. The second-order valence-corrected chi connectivity index (χ2v) is 7.18. The molecule has 0 radical (unpaired) electrons. The van der Waals surface area contributed by atoms with Crippen molar-refractivity contribution in [1.82, 2.24) is 15.4 Å². The smallest absolute Gasteiger partial charge is 0.251 e. The van der Waals surface area contributed by atoms with Gasteiger partial charge in [0, 0.05) is 32.3 Å². The Labute approximate surface area is 142 Å². The maximum Gasteiger partial charge on any atom is 0.251 e. The van der Waals surface area contributed by atoms with E-state index in [0.29, 0.717) is 18.7 Å². The zero-order valence-corrected chi connectivity index (χ0v) is 14.5. The first-order valence-electron chi connectivity index (χ1n) is 7.78. The van der Waals surface area contributed by atoms with Gasteiger partial charge in [-0.15, -0.1) is 0 Å². The summed E-state index contributed by atoms with van der Waals surface area (Å²) in [6, 6.07) is 5.87. The zero-order valence-electron chi connectivity index (χ0n) is 13.7. The van der Waals surface area contributed by atoms with Crippen LogP contribution in [-0.4, -0.2) is 54.2 Å². The summed E-state index contributed by atoms with van der Waals surface area (Å²) in [7, 11) is -2.08. The molecule has 0 atom stereocenters. The lowest BCUT2D eigenvalue weighted by atomic mass is 10.1. The van der Waals surface area contributed by atoms with Crippen LogP contribution in [0.3, 0.4) is 0 Å². The average molecular weight is 353 g/mol. The van der Waals surface area contributed by atoms with Crippen LogP contribution >= 0.6 is 0 Å². The van der Waals surface area contributed by atoms with E-state index in [2.05, 4.69) is 21.4 Å². The molecule has 0 aromatic heterocycles. The molecule has 0 fully saturated rings. The Balaban J connectivity index is 1.93. The van der Waals surface area contributed by atoms with Crippen molar-refractivity contribution in [2.45, 2.75) is 11.3 Å². The van der Waals surface area contributed by atoms with Crippen molar-refractivity contribution < 1.29 is 17.9 Å². The lowest BCUT2D eigenvalue weighted by Crippen LogP contribution is -2.30. The molecule has 0 aliphatic carbocycles. The van der Waals surface area contributed by atoms with Crippen molar-refractivity contribution in [2.24, 2.45) is 0 Å². The van der Waals surface area contributed by atoms with Crippen LogP contribution in [0, 0.1) is 0 Å². The molecule has 1 aromatic rings. The van der Waals surface area contributed by atoms with Crippen LogP contribution in [0.15, 0.2) is 40.8 Å². The van der Waals surface area contributed by atoms with Gasteiger partial charge in [0.15, 0.2) is 0 Å². The van der Waals surface area contributed by atoms with Crippen LogP contribution in [0.1, 0.15) is 16.8 Å². The first-order chi connectivity index (χ1) is 11.5. The first-order valence-corrected chi connectivity index (χ1v) is 9.27. The first kappa shape index (κ1) is 18.6. The summed E-state index contributed by atoms with van der Waals surface area (Å²) in [6.45, 7) is 2.76. The number of carbonyl (C=O) groups is 1. The van der Waals surface area contributed by atoms with Gasteiger partial charge < -0.3 is 15.4 Å². The van der Waals surface area contributed by atoms with E-state index < -0.39 is 10.0 Å². The summed E-state index contributed by atoms with van der Waals surface area (Å²) < 4.78 is 31.3. The molecule has 1 aromatic carbocycles. The molecular weight excluding hydrogens is 330 g/mol. The summed E-state index contributed by atoms with van der Waals surface area (Å²) in [5.74, 6) is -0.217. The van der Waals surface area contributed by atoms with Crippen molar-refractivity contribution in [3.63, 3.8) is 0 Å². The molecular formula is C16H23N3O4S. The number of methoxy groups -OCH3 is 1. The molecule has 0 unspecified atom stereocenters. The number of carbonyl (C=O) groups excluding carboxylic acids is 1. The number of hydrogen-bond donors (Lipinski definition) is 3. The van der Waals surface area contributed by atoms with Gasteiger partial charge in [-0.25, -0.2) is 13.1 Å². The predicted molar refractivity (Wildman–Crippen MR) is 91.4 cm³/mol. The highest BCUT2D eigenvalue weighted by atomic mass is 32.2. The Morgan fingerprint density at radius 1 is 1.29 bits per heavy atom. The fourth-order valence-corrected chi connectivity index (χ4v) is 3.29. The monoisotopic (exact) mass is 353 g/mol. The van der Waals surface area contributed by atoms with Gasteiger partial charge in [-0.05, 0) is 37.2 Å². The molecule has 8 heteroatoms. The minimum Gasteiger partial charge on any atom is -0.383 e. The average Bonchev–Trinajstić information content (AvgIpc) is 2.61. The fourth-order valence-electron chi connectivity index (χ4n) is 2.27. The summed E-state index contributed by atoms with van der Waals surface area (Å²) in [4.78, 5) is 12.2. The number of benzene rings is 1. The molecule has 0 saturated heterocycles. The van der Waals surface area contributed by atoms with E-state index in [1.807, 2.05) is 0 Å². The second kappa shape index (κ2) is 8.93. The van der Waals surface area contributed by atoms with Gasteiger partial charge in [0.25, 0.3) is 5.91 Å². The molecule has 1 amide bonds. The van der Waals surface area contributed by atoms with E-state index in [4.69, 9.17) is 4.74 Å². The highest BCUT2D eigenvalue weighted by Crippen LogP contribution is 2.11. The molecule has 0 saturated carbocycles. The standard InChI is InChI=1S/C16H23N3O4S/c1-23-11-10-19-24(21,22)15-4-2-14(3-5-15)16(20)18-12-13-6-8-17-9-7-13/h2-6,17,19H,7-12H2,1H3,(H,18,20). The van der Waals surface area contributed by atoms with Gasteiger partial charge in [-0.2, -0.15) is 0 Å². The maximum atomic E-state index is 12.1. The third-order valence-electron chi connectivity index (χ3n) is 3.66. The fraction of sp³-hybridized carbons (Fsp3) is 0.438. The molecule has 24 heavy (non-hydrogen) atoms. The molecule has 7 nitrogen and oxygen atoms in total. The normalized spacial score (nSPS) is 15.0. The van der Waals surface area contributed by atoms with Crippen LogP contribution in [0.5, 0.6) is 0 Å². The van der Waals surface area contributed by atoms with Crippen LogP contribution < -0.4 is 15.4 Å². The molecule has 0 spiro atoms. The van der Waals surface area contributed by atoms with Crippen LogP contribution in [-0.2, 0) is 14.8 Å². The van der Waals surface area contributed by atoms with Crippen LogP contribution in [0.2, 0.25) is 0 Å². The van der Waals surface area contributed by atoms with Crippen molar-refractivity contribution in [1.29, 1.82) is 0 Å². The molecule has 3 N–H and O–H groups in total. The van der Waals surface area contributed by atoms with Gasteiger partial charge in [0.2, 0.25) is 10.0 Å². The summed E-state index contributed by atoms with van der Waals surface area (Å²) >= 11 is 0. The third-order valence-corrected chi connectivity index (χ3v) is 5.14. The van der Waals surface area contributed by atoms with E-state index in [9.17, 15) is 13.2 Å². The van der Waals surface area contributed by atoms with Crippen molar-refractivity contribution in [3.8, 4) is 0 Å². The lowest BCUT2D eigenvalue weighted by Gasteiger charge is -2.14. The van der Waals surface area contributed by atoms with Crippen molar-refractivity contribution in [2.75, 3.05) is 39.9 Å². The third kappa shape index (κ3) is 5.41. The molecule has 1 aliphatic rings. The molecule has 132 valence electrons. The minimum atomic E-state index is -3.58. The Morgan fingerprint density at radius 3 is 2.67 bits per heavy atom. The number of hydrogen-bond acceptors (Lipinski definition) is 5. The van der Waals surface area contributed by atoms with Crippen LogP contribution in [0.4, 0.5) is 0 Å². The Hall–Kier alpha value is -1.74. The summed E-state index contributed by atoms with van der Waals surface area (Å²) in [5.41, 5.74) is 1.63. The Morgan fingerprint density at radius 2 is 2.04 bits per heavy atom.